The van der Waals surface area contributed by atoms with Gasteiger partial charge in [-0.25, -0.2) is 4.98 Å². The van der Waals surface area contributed by atoms with Crippen LogP contribution >= 0.6 is 15.9 Å². The Morgan fingerprint density at radius 3 is 2.72 bits per heavy atom. The SMILES string of the molecule is COc1nc(N2CCC(C(C)O)CC2)ncc1Br. The third kappa shape index (κ3) is 2.92. The second-order valence-corrected chi connectivity index (χ2v) is 5.45. The fraction of sp³-hybridized carbons (Fsp3) is 0.667. The number of piperidine rings is 1. The molecule has 0 spiro atoms. The van der Waals surface area contributed by atoms with Crippen molar-refractivity contribution in [2.45, 2.75) is 25.9 Å². The number of halogens is 1. The van der Waals surface area contributed by atoms with Gasteiger partial charge in [-0.2, -0.15) is 4.98 Å². The van der Waals surface area contributed by atoms with Crippen LogP contribution in [0.25, 0.3) is 0 Å². The van der Waals surface area contributed by atoms with Gasteiger partial charge in [0.1, 0.15) is 0 Å². The first-order chi connectivity index (χ1) is 8.61. The van der Waals surface area contributed by atoms with Crippen molar-refractivity contribution in [2.24, 2.45) is 5.92 Å². The fourth-order valence-corrected chi connectivity index (χ4v) is 2.57. The van der Waals surface area contributed by atoms with E-state index in [1.54, 1.807) is 13.3 Å². The lowest BCUT2D eigenvalue weighted by atomic mass is 9.92. The number of aliphatic hydroxyl groups excluding tert-OH is 1. The molecule has 1 aliphatic rings. The predicted molar refractivity (Wildman–Crippen MR) is 72.9 cm³/mol. The highest BCUT2D eigenvalue weighted by molar-refractivity contribution is 9.10. The molecule has 0 radical (unpaired) electrons. The molecule has 0 bridgehead atoms. The van der Waals surface area contributed by atoms with Crippen LogP contribution in [0.2, 0.25) is 0 Å². The Bertz CT molecular complexity index is 406. The lowest BCUT2D eigenvalue weighted by molar-refractivity contribution is 0.109. The summed E-state index contributed by atoms with van der Waals surface area (Å²) in [6.07, 6.45) is 3.42. The van der Waals surface area contributed by atoms with Crippen molar-refractivity contribution in [1.29, 1.82) is 0 Å². The molecule has 100 valence electrons. The number of aromatic nitrogens is 2. The summed E-state index contributed by atoms with van der Waals surface area (Å²) in [6.45, 7) is 3.61. The molecule has 1 saturated heterocycles. The molecule has 1 aliphatic heterocycles. The van der Waals surface area contributed by atoms with Crippen LogP contribution in [-0.4, -0.2) is 41.4 Å². The molecule has 1 aromatic rings. The van der Waals surface area contributed by atoms with E-state index in [1.807, 2.05) is 6.92 Å². The molecule has 1 aromatic heterocycles. The van der Waals surface area contributed by atoms with Crippen LogP contribution in [0.3, 0.4) is 0 Å². The topological polar surface area (TPSA) is 58.5 Å². The van der Waals surface area contributed by atoms with E-state index in [1.165, 1.54) is 0 Å². The summed E-state index contributed by atoms with van der Waals surface area (Å²) in [7, 11) is 1.59. The number of rotatable bonds is 3. The van der Waals surface area contributed by atoms with Crippen LogP contribution in [0.15, 0.2) is 10.7 Å². The van der Waals surface area contributed by atoms with Crippen LogP contribution in [0, 0.1) is 5.92 Å². The monoisotopic (exact) mass is 315 g/mol. The molecule has 0 amide bonds. The van der Waals surface area contributed by atoms with Crippen molar-refractivity contribution in [3.05, 3.63) is 10.7 Å². The van der Waals surface area contributed by atoms with Crippen LogP contribution in [0.1, 0.15) is 19.8 Å². The molecular weight excluding hydrogens is 298 g/mol. The molecule has 0 saturated carbocycles. The zero-order valence-electron chi connectivity index (χ0n) is 10.6. The fourth-order valence-electron chi connectivity index (χ4n) is 2.22. The number of methoxy groups -OCH3 is 1. The Balaban J connectivity index is 2.05. The third-order valence-electron chi connectivity index (χ3n) is 3.40. The van der Waals surface area contributed by atoms with Crippen molar-refractivity contribution in [2.75, 3.05) is 25.1 Å². The summed E-state index contributed by atoms with van der Waals surface area (Å²) >= 11 is 3.34. The molecule has 1 unspecified atom stereocenters. The van der Waals surface area contributed by atoms with Gasteiger partial charge in [0, 0.05) is 13.1 Å². The third-order valence-corrected chi connectivity index (χ3v) is 3.94. The van der Waals surface area contributed by atoms with Crippen molar-refractivity contribution >= 4 is 21.9 Å². The zero-order valence-corrected chi connectivity index (χ0v) is 12.2. The lowest BCUT2D eigenvalue weighted by Crippen LogP contribution is -2.37. The Kier molecular flexibility index (Phi) is 4.40. The van der Waals surface area contributed by atoms with Gasteiger partial charge < -0.3 is 14.7 Å². The normalized spacial score (nSPS) is 18.8. The molecular formula is C12H18BrN3O2. The van der Waals surface area contributed by atoms with E-state index in [2.05, 4.69) is 30.8 Å². The average Bonchev–Trinajstić information content (AvgIpc) is 2.39. The molecule has 0 aliphatic carbocycles. The van der Waals surface area contributed by atoms with Gasteiger partial charge in [0.25, 0.3) is 0 Å². The number of nitrogens with zero attached hydrogens (tertiary/aromatic N) is 3. The van der Waals surface area contributed by atoms with Crippen molar-refractivity contribution in [1.82, 2.24) is 9.97 Å². The van der Waals surface area contributed by atoms with Gasteiger partial charge in [-0.1, -0.05) is 0 Å². The largest absolute Gasteiger partial charge is 0.480 e. The maximum Gasteiger partial charge on any atom is 0.232 e. The van der Waals surface area contributed by atoms with Gasteiger partial charge in [-0.15, -0.1) is 0 Å². The van der Waals surface area contributed by atoms with Crippen LogP contribution < -0.4 is 9.64 Å². The predicted octanol–water partition coefficient (Wildman–Crippen LogP) is 1.84. The number of hydrogen-bond donors (Lipinski definition) is 1. The van der Waals surface area contributed by atoms with E-state index in [0.29, 0.717) is 17.7 Å². The van der Waals surface area contributed by atoms with E-state index < -0.39 is 0 Å². The highest BCUT2D eigenvalue weighted by atomic mass is 79.9. The van der Waals surface area contributed by atoms with E-state index in [9.17, 15) is 5.11 Å². The Morgan fingerprint density at radius 1 is 1.50 bits per heavy atom. The molecule has 6 heteroatoms. The van der Waals surface area contributed by atoms with E-state index in [-0.39, 0.29) is 6.10 Å². The minimum absolute atomic E-state index is 0.229. The summed E-state index contributed by atoms with van der Waals surface area (Å²) in [5.41, 5.74) is 0. The molecule has 18 heavy (non-hydrogen) atoms. The first kappa shape index (κ1) is 13.5. The van der Waals surface area contributed by atoms with Crippen LogP contribution in [0.4, 0.5) is 5.95 Å². The quantitative estimate of drug-likeness (QED) is 0.922. The maximum absolute atomic E-state index is 9.58. The van der Waals surface area contributed by atoms with E-state index in [4.69, 9.17) is 4.74 Å². The molecule has 5 nitrogen and oxygen atoms in total. The minimum atomic E-state index is -0.229. The Morgan fingerprint density at radius 2 is 2.17 bits per heavy atom. The Labute approximate surface area is 115 Å². The summed E-state index contributed by atoms with van der Waals surface area (Å²) in [4.78, 5) is 10.8. The van der Waals surface area contributed by atoms with E-state index in [0.717, 1.165) is 30.4 Å². The highest BCUT2D eigenvalue weighted by Crippen LogP contribution is 2.27. The lowest BCUT2D eigenvalue weighted by Gasteiger charge is -2.33. The van der Waals surface area contributed by atoms with Gasteiger partial charge in [0.05, 0.1) is 23.9 Å². The van der Waals surface area contributed by atoms with Crippen LogP contribution in [-0.2, 0) is 0 Å². The molecule has 1 fully saturated rings. The first-order valence-corrected chi connectivity index (χ1v) is 6.90. The van der Waals surface area contributed by atoms with Crippen molar-refractivity contribution < 1.29 is 9.84 Å². The number of ether oxygens (including phenoxy) is 1. The molecule has 0 aromatic carbocycles. The zero-order chi connectivity index (χ0) is 13.1. The van der Waals surface area contributed by atoms with Gasteiger partial charge in [0.2, 0.25) is 11.8 Å². The minimum Gasteiger partial charge on any atom is -0.480 e. The second kappa shape index (κ2) is 5.84. The number of anilines is 1. The van der Waals surface area contributed by atoms with Crippen molar-refractivity contribution in [3.8, 4) is 5.88 Å². The van der Waals surface area contributed by atoms with Gasteiger partial charge in [-0.3, -0.25) is 0 Å². The molecule has 2 heterocycles. The Hall–Kier alpha value is -0.880. The van der Waals surface area contributed by atoms with E-state index >= 15 is 0 Å². The first-order valence-electron chi connectivity index (χ1n) is 6.11. The average molecular weight is 316 g/mol. The number of aliphatic hydroxyl groups is 1. The highest BCUT2D eigenvalue weighted by Gasteiger charge is 2.24. The van der Waals surface area contributed by atoms with Crippen LogP contribution in [0.5, 0.6) is 5.88 Å². The van der Waals surface area contributed by atoms with Gasteiger partial charge >= 0.3 is 0 Å². The maximum atomic E-state index is 9.58. The summed E-state index contributed by atoms with van der Waals surface area (Å²) in [5.74, 6) is 1.63. The molecule has 1 atom stereocenters. The molecule has 2 rings (SSSR count). The number of hydrogen-bond acceptors (Lipinski definition) is 5. The summed E-state index contributed by atoms with van der Waals surface area (Å²) < 4.78 is 5.93. The summed E-state index contributed by atoms with van der Waals surface area (Å²) in [5, 5.41) is 9.58. The van der Waals surface area contributed by atoms with Gasteiger partial charge in [-0.05, 0) is 41.6 Å². The second-order valence-electron chi connectivity index (χ2n) is 4.59. The summed E-state index contributed by atoms with van der Waals surface area (Å²) in [6, 6.07) is 0. The van der Waals surface area contributed by atoms with Crippen molar-refractivity contribution in [3.63, 3.8) is 0 Å². The van der Waals surface area contributed by atoms with Gasteiger partial charge in [0.15, 0.2) is 0 Å². The molecule has 1 N–H and O–H groups in total. The smallest absolute Gasteiger partial charge is 0.232 e. The standard InChI is InChI=1S/C12H18BrN3O2/c1-8(17)9-3-5-16(6-4-9)12-14-7-10(13)11(15-12)18-2/h7-9,17H,3-6H2,1-2H3.